The molecule has 18 rings (SSSR count). The summed E-state index contributed by atoms with van der Waals surface area (Å²) in [7, 11) is 0. The lowest BCUT2D eigenvalue weighted by Gasteiger charge is -2.13. The van der Waals surface area contributed by atoms with Crippen LogP contribution in [0.4, 0.5) is 0 Å². The van der Waals surface area contributed by atoms with Crippen LogP contribution in [0.3, 0.4) is 0 Å². The Labute approximate surface area is 460 Å². The Hall–Kier alpha value is -10.5. The second-order valence-electron chi connectivity index (χ2n) is 20.4. The van der Waals surface area contributed by atoms with E-state index < -0.39 is 0 Å². The van der Waals surface area contributed by atoms with E-state index in [9.17, 15) is 0 Å². The molecule has 6 aromatic heterocycles. The van der Waals surface area contributed by atoms with Crippen LogP contribution in [0.5, 0.6) is 0 Å². The first-order chi connectivity index (χ1) is 39.7. The SMILES string of the molecule is c1ccc(-c2nc(-n3c4ccccc4c4c5c6ccccc6oc5c5ccccc5c43)nc3ccccc23)cc1.c1ccc(-c2nc(-n3c4ccccc4c4c5c6ccccc6sc5c5ccccc5c43)nc3ccccc23)cc1. The first-order valence-electron chi connectivity index (χ1n) is 26.9. The number of rotatable bonds is 4. The molecule has 12 aromatic carbocycles. The van der Waals surface area contributed by atoms with Crippen molar-refractivity contribution in [2.75, 3.05) is 0 Å². The molecule has 0 unspecified atom stereocenters. The van der Waals surface area contributed by atoms with Gasteiger partial charge in [-0.15, -0.1) is 11.3 Å². The molecule has 0 saturated carbocycles. The van der Waals surface area contributed by atoms with Crippen LogP contribution in [-0.2, 0) is 0 Å². The summed E-state index contributed by atoms with van der Waals surface area (Å²) in [5, 5.41) is 16.4. The first kappa shape index (κ1) is 44.6. The molecule has 8 heteroatoms. The van der Waals surface area contributed by atoms with E-state index in [1.165, 1.54) is 41.7 Å². The lowest BCUT2D eigenvalue weighted by atomic mass is 9.99. The van der Waals surface area contributed by atoms with Gasteiger partial charge < -0.3 is 4.42 Å². The monoisotopic (exact) mass is 1040 g/mol. The molecule has 0 saturated heterocycles. The molecule has 6 heterocycles. The van der Waals surface area contributed by atoms with Gasteiger partial charge >= 0.3 is 0 Å². The van der Waals surface area contributed by atoms with Gasteiger partial charge in [0.1, 0.15) is 11.2 Å². The van der Waals surface area contributed by atoms with Crippen molar-refractivity contribution in [1.29, 1.82) is 0 Å². The van der Waals surface area contributed by atoms with Gasteiger partial charge in [0.05, 0.1) is 44.5 Å². The molecule has 0 spiro atoms. The highest BCUT2D eigenvalue weighted by molar-refractivity contribution is 7.27. The fourth-order valence-corrected chi connectivity index (χ4v) is 13.9. The van der Waals surface area contributed by atoms with Crippen LogP contribution in [0.1, 0.15) is 0 Å². The average Bonchev–Trinajstić information content (AvgIpc) is 4.08. The van der Waals surface area contributed by atoms with Gasteiger partial charge in [0.25, 0.3) is 0 Å². The number of aromatic nitrogens is 6. The normalized spacial score (nSPS) is 12.0. The largest absolute Gasteiger partial charge is 0.455 e. The lowest BCUT2D eigenvalue weighted by molar-refractivity contribution is 0.673. The molecule has 0 aliphatic rings. The highest BCUT2D eigenvalue weighted by atomic mass is 32.1. The summed E-state index contributed by atoms with van der Waals surface area (Å²) >= 11 is 1.88. The van der Waals surface area contributed by atoms with E-state index in [-0.39, 0.29) is 0 Å². The molecule has 7 nitrogen and oxygen atoms in total. The van der Waals surface area contributed by atoms with E-state index in [2.05, 4.69) is 228 Å². The van der Waals surface area contributed by atoms with Crippen molar-refractivity contribution in [2.24, 2.45) is 0 Å². The Morgan fingerprint density at radius 2 is 0.713 bits per heavy atom. The molecule has 0 amide bonds. The molecule has 0 aliphatic carbocycles. The van der Waals surface area contributed by atoms with Gasteiger partial charge in [-0.1, -0.05) is 218 Å². The number of furan rings is 1. The molecule has 0 N–H and O–H groups in total. The number of fused-ring (bicyclic) bond motifs is 22. The zero-order valence-electron chi connectivity index (χ0n) is 42.7. The number of benzene rings is 12. The Morgan fingerprint density at radius 3 is 1.29 bits per heavy atom. The van der Waals surface area contributed by atoms with E-state index in [1.807, 2.05) is 47.7 Å². The third kappa shape index (κ3) is 6.54. The molecule has 372 valence electrons. The van der Waals surface area contributed by atoms with Crippen molar-refractivity contribution in [2.45, 2.75) is 0 Å². The third-order valence-corrected chi connectivity index (χ3v) is 17.2. The van der Waals surface area contributed by atoms with Crippen LogP contribution in [-0.4, -0.2) is 29.1 Å². The first-order valence-corrected chi connectivity index (χ1v) is 27.7. The second kappa shape index (κ2) is 17.5. The maximum Gasteiger partial charge on any atom is 0.235 e. The molecule has 0 aliphatic heterocycles. The molecular weight excluding hydrogens is 997 g/mol. The van der Waals surface area contributed by atoms with Gasteiger partial charge in [-0.3, -0.25) is 9.13 Å². The van der Waals surface area contributed by atoms with Gasteiger partial charge in [-0.25, -0.2) is 19.9 Å². The summed E-state index contributed by atoms with van der Waals surface area (Å²) in [6, 6.07) is 89.0. The van der Waals surface area contributed by atoms with Gasteiger partial charge in [-0.2, -0.15) is 0 Å². The minimum atomic E-state index is 0.654. The third-order valence-electron chi connectivity index (χ3n) is 16.0. The maximum absolute atomic E-state index is 6.53. The Balaban J connectivity index is 0.000000128. The fraction of sp³-hybridized carbons (Fsp3) is 0. The highest BCUT2D eigenvalue weighted by Gasteiger charge is 2.26. The molecule has 80 heavy (non-hydrogen) atoms. The van der Waals surface area contributed by atoms with Crippen molar-refractivity contribution in [1.82, 2.24) is 29.1 Å². The van der Waals surface area contributed by atoms with Gasteiger partial charge in [0.15, 0.2) is 0 Å². The zero-order chi connectivity index (χ0) is 52.4. The van der Waals surface area contributed by atoms with Crippen molar-refractivity contribution in [3.8, 4) is 34.4 Å². The van der Waals surface area contributed by atoms with Crippen LogP contribution < -0.4 is 0 Å². The van der Waals surface area contributed by atoms with E-state index >= 15 is 0 Å². The highest BCUT2D eigenvalue weighted by Crippen LogP contribution is 2.49. The number of thiophene rings is 1. The Morgan fingerprint density at radius 1 is 0.300 bits per heavy atom. The standard InChI is InChI=1S/C36H21N3O.C36H21N3S/c2*1-2-12-22(13-3-1)33-25-16-6-9-19-28(25)37-36(38-33)39-29-20-10-7-17-26(29)31-32-27-18-8-11-21-30(27)40-35(32)24-15-5-4-14-23(24)34(31)39/h2*1-21H. The lowest BCUT2D eigenvalue weighted by Crippen LogP contribution is -2.03. The predicted octanol–water partition coefficient (Wildman–Crippen LogP) is 19.4. The van der Waals surface area contributed by atoms with Crippen LogP contribution in [0.2, 0.25) is 0 Å². The molecule has 18 aromatic rings. The van der Waals surface area contributed by atoms with Crippen molar-refractivity contribution in [3.63, 3.8) is 0 Å². The summed E-state index contributed by atoms with van der Waals surface area (Å²) in [5.74, 6) is 1.34. The number of para-hydroxylation sites is 5. The fourth-order valence-electron chi connectivity index (χ4n) is 12.6. The minimum Gasteiger partial charge on any atom is -0.455 e. The van der Waals surface area contributed by atoms with Gasteiger partial charge in [0.2, 0.25) is 11.9 Å². The Kier molecular flexibility index (Phi) is 9.75. The number of hydrogen-bond donors (Lipinski definition) is 0. The van der Waals surface area contributed by atoms with Crippen LogP contribution >= 0.6 is 11.3 Å². The Bertz CT molecular complexity index is 5220. The van der Waals surface area contributed by atoms with Crippen LogP contribution in [0, 0.1) is 0 Å². The summed E-state index contributed by atoms with van der Waals surface area (Å²) in [6.07, 6.45) is 0. The van der Waals surface area contributed by atoms with Crippen molar-refractivity contribution in [3.05, 3.63) is 255 Å². The number of hydrogen-bond acceptors (Lipinski definition) is 6. The minimum absolute atomic E-state index is 0.654. The topological polar surface area (TPSA) is 74.6 Å². The summed E-state index contributed by atoms with van der Waals surface area (Å²) in [4.78, 5) is 20.9. The van der Waals surface area contributed by atoms with E-state index in [0.717, 1.165) is 110 Å². The number of nitrogens with zero attached hydrogens (tertiary/aromatic N) is 6. The van der Waals surface area contributed by atoms with Gasteiger partial charge in [0, 0.05) is 95.9 Å². The summed E-state index contributed by atoms with van der Waals surface area (Å²) < 4.78 is 13.7. The van der Waals surface area contributed by atoms with E-state index in [0.29, 0.717) is 11.9 Å². The quantitative estimate of drug-likeness (QED) is 0.176. The van der Waals surface area contributed by atoms with Crippen molar-refractivity contribution >= 4 is 140 Å². The summed E-state index contributed by atoms with van der Waals surface area (Å²) in [6.45, 7) is 0. The predicted molar refractivity (Wildman–Crippen MR) is 334 cm³/mol. The molecule has 0 fully saturated rings. The van der Waals surface area contributed by atoms with Crippen LogP contribution in [0.15, 0.2) is 259 Å². The van der Waals surface area contributed by atoms with E-state index in [4.69, 9.17) is 24.4 Å². The molecule has 0 atom stereocenters. The molecule has 0 bridgehead atoms. The summed E-state index contributed by atoms with van der Waals surface area (Å²) in [5.41, 5.74) is 12.1. The van der Waals surface area contributed by atoms with Crippen LogP contribution in [0.25, 0.3) is 163 Å². The maximum atomic E-state index is 6.53. The molecule has 0 radical (unpaired) electrons. The second-order valence-corrected chi connectivity index (χ2v) is 21.4. The van der Waals surface area contributed by atoms with E-state index in [1.54, 1.807) is 0 Å². The van der Waals surface area contributed by atoms with Gasteiger partial charge in [-0.05, 0) is 36.4 Å². The smallest absolute Gasteiger partial charge is 0.235 e. The average molecular weight is 1040 g/mol. The van der Waals surface area contributed by atoms with Crippen molar-refractivity contribution < 1.29 is 4.42 Å². The zero-order valence-corrected chi connectivity index (χ0v) is 43.6. The molecular formula is C72H42N6OS.